The Hall–Kier alpha value is -2.63. The Labute approximate surface area is 115 Å². The number of ether oxygens (including phenoxy) is 1. The summed E-state index contributed by atoms with van der Waals surface area (Å²) in [6.45, 7) is 0.0688. The molecular formula is C14H13N3O3. The highest BCUT2D eigenvalue weighted by Gasteiger charge is 2.35. The summed E-state index contributed by atoms with van der Waals surface area (Å²) < 4.78 is 4.83. The van der Waals surface area contributed by atoms with Crippen molar-refractivity contribution >= 4 is 28.6 Å². The third-order valence-electron chi connectivity index (χ3n) is 3.31. The number of aromatic nitrogens is 1. The van der Waals surface area contributed by atoms with Crippen LogP contribution in [0.15, 0.2) is 36.5 Å². The van der Waals surface area contributed by atoms with Crippen LogP contribution in [-0.4, -0.2) is 41.6 Å². The van der Waals surface area contributed by atoms with E-state index in [1.54, 1.807) is 19.3 Å². The summed E-state index contributed by atoms with van der Waals surface area (Å²) in [6.07, 6.45) is 1.19. The van der Waals surface area contributed by atoms with Gasteiger partial charge < -0.3 is 10.1 Å². The fourth-order valence-corrected chi connectivity index (χ4v) is 2.16. The number of pyridine rings is 1. The number of cyclic esters (lactones) is 1. The number of rotatable bonds is 2. The van der Waals surface area contributed by atoms with E-state index in [1.165, 1.54) is 4.90 Å². The maximum atomic E-state index is 12.2. The second-order valence-electron chi connectivity index (χ2n) is 4.57. The fraction of sp³-hybridized carbons (Fsp3) is 0.214. The molecule has 1 aromatic heterocycles. The van der Waals surface area contributed by atoms with Crippen LogP contribution in [0.4, 0.5) is 10.5 Å². The molecule has 1 saturated heterocycles. The van der Waals surface area contributed by atoms with Crippen molar-refractivity contribution in [3.05, 3.63) is 36.5 Å². The molecule has 1 unspecified atom stereocenters. The third-order valence-corrected chi connectivity index (χ3v) is 3.31. The molecule has 0 aliphatic carbocycles. The van der Waals surface area contributed by atoms with Gasteiger partial charge in [0.15, 0.2) is 0 Å². The van der Waals surface area contributed by atoms with E-state index in [1.807, 2.05) is 24.3 Å². The molecule has 20 heavy (non-hydrogen) atoms. The summed E-state index contributed by atoms with van der Waals surface area (Å²) in [6, 6.07) is 8.70. The molecule has 0 bridgehead atoms. The van der Waals surface area contributed by atoms with Gasteiger partial charge in [-0.1, -0.05) is 18.2 Å². The zero-order chi connectivity index (χ0) is 14.1. The minimum Gasteiger partial charge on any atom is -0.447 e. The molecule has 6 heteroatoms. The lowest BCUT2D eigenvalue weighted by Crippen LogP contribution is -2.40. The molecule has 6 nitrogen and oxygen atoms in total. The summed E-state index contributed by atoms with van der Waals surface area (Å²) in [5.74, 6) is -0.281. The zero-order valence-corrected chi connectivity index (χ0v) is 10.9. The molecule has 1 aromatic carbocycles. The average Bonchev–Trinajstić information content (AvgIpc) is 2.79. The fourth-order valence-electron chi connectivity index (χ4n) is 2.16. The predicted octanol–water partition coefficient (Wildman–Crippen LogP) is 1.62. The summed E-state index contributed by atoms with van der Waals surface area (Å²) >= 11 is 0. The Kier molecular flexibility index (Phi) is 2.98. The molecule has 2 amide bonds. The highest BCUT2D eigenvalue weighted by atomic mass is 16.6. The van der Waals surface area contributed by atoms with Gasteiger partial charge >= 0.3 is 6.09 Å². The number of para-hydroxylation sites is 1. The molecule has 102 valence electrons. The van der Waals surface area contributed by atoms with Crippen molar-refractivity contribution in [3.8, 4) is 0 Å². The SMILES string of the molecule is CN1C(=O)OCC1C(=O)Nc1cccc2cccnc12. The van der Waals surface area contributed by atoms with E-state index in [4.69, 9.17) is 4.74 Å². The minimum atomic E-state index is -0.610. The van der Waals surface area contributed by atoms with E-state index in [9.17, 15) is 9.59 Å². The zero-order valence-electron chi connectivity index (χ0n) is 10.9. The number of carbonyl (C=O) groups is 2. The first-order valence-corrected chi connectivity index (χ1v) is 6.21. The van der Waals surface area contributed by atoms with Crippen LogP contribution in [-0.2, 0) is 9.53 Å². The summed E-state index contributed by atoms with van der Waals surface area (Å²) in [4.78, 5) is 29.0. The van der Waals surface area contributed by atoms with E-state index in [2.05, 4.69) is 10.3 Å². The van der Waals surface area contributed by atoms with Crippen LogP contribution in [0.25, 0.3) is 10.9 Å². The van der Waals surface area contributed by atoms with Crippen molar-refractivity contribution in [1.29, 1.82) is 0 Å². The van der Waals surface area contributed by atoms with Crippen molar-refractivity contribution in [2.75, 3.05) is 19.0 Å². The number of nitrogens with one attached hydrogen (secondary N) is 1. The number of likely N-dealkylation sites (N-methyl/N-ethyl adjacent to an activating group) is 1. The van der Waals surface area contributed by atoms with Gasteiger partial charge in [0.2, 0.25) is 0 Å². The maximum Gasteiger partial charge on any atom is 0.410 e. The van der Waals surface area contributed by atoms with Gasteiger partial charge in [-0.25, -0.2) is 4.79 Å². The van der Waals surface area contributed by atoms with Crippen LogP contribution in [0, 0.1) is 0 Å². The van der Waals surface area contributed by atoms with Gasteiger partial charge in [-0.15, -0.1) is 0 Å². The molecule has 1 fully saturated rings. The molecule has 0 radical (unpaired) electrons. The van der Waals surface area contributed by atoms with Crippen LogP contribution in [0.3, 0.4) is 0 Å². The van der Waals surface area contributed by atoms with Gasteiger partial charge in [0, 0.05) is 18.6 Å². The predicted molar refractivity (Wildman–Crippen MR) is 73.3 cm³/mol. The second-order valence-corrected chi connectivity index (χ2v) is 4.57. The Bertz CT molecular complexity index is 681. The highest BCUT2D eigenvalue weighted by molar-refractivity contribution is 6.03. The monoisotopic (exact) mass is 271 g/mol. The smallest absolute Gasteiger partial charge is 0.410 e. The first kappa shape index (κ1) is 12.4. The molecule has 3 rings (SSSR count). The lowest BCUT2D eigenvalue weighted by molar-refractivity contribution is -0.119. The lowest BCUT2D eigenvalue weighted by Gasteiger charge is -2.16. The number of hydrogen-bond donors (Lipinski definition) is 1. The Morgan fingerprint density at radius 2 is 2.20 bits per heavy atom. The molecule has 2 heterocycles. The average molecular weight is 271 g/mol. The second kappa shape index (κ2) is 4.80. The number of hydrogen-bond acceptors (Lipinski definition) is 4. The minimum absolute atomic E-state index is 0.0688. The Morgan fingerprint density at radius 1 is 1.40 bits per heavy atom. The van der Waals surface area contributed by atoms with Crippen molar-refractivity contribution in [2.24, 2.45) is 0 Å². The van der Waals surface area contributed by atoms with E-state index in [-0.39, 0.29) is 12.5 Å². The molecule has 0 spiro atoms. The van der Waals surface area contributed by atoms with Gasteiger partial charge in [-0.2, -0.15) is 0 Å². The summed E-state index contributed by atoms with van der Waals surface area (Å²) in [7, 11) is 1.54. The number of amides is 2. The first-order chi connectivity index (χ1) is 9.66. The quantitative estimate of drug-likeness (QED) is 0.901. The molecule has 0 saturated carbocycles. The molecule has 1 aliphatic rings. The lowest BCUT2D eigenvalue weighted by atomic mass is 10.2. The molecule has 1 N–H and O–H groups in total. The van der Waals surface area contributed by atoms with Crippen LogP contribution in [0.2, 0.25) is 0 Å². The van der Waals surface area contributed by atoms with Gasteiger partial charge in [0.25, 0.3) is 5.91 Å². The molecular weight excluding hydrogens is 258 g/mol. The van der Waals surface area contributed by atoms with Crippen LogP contribution in [0.5, 0.6) is 0 Å². The standard InChI is InChI=1S/C14H13N3O3/c1-17-11(8-20-14(17)19)13(18)16-10-6-2-4-9-5-3-7-15-12(9)10/h2-7,11H,8H2,1H3,(H,16,18). The van der Waals surface area contributed by atoms with Crippen molar-refractivity contribution in [1.82, 2.24) is 9.88 Å². The van der Waals surface area contributed by atoms with E-state index in [0.717, 1.165) is 10.9 Å². The Balaban J connectivity index is 1.86. The largest absolute Gasteiger partial charge is 0.447 e. The van der Waals surface area contributed by atoms with E-state index >= 15 is 0 Å². The third kappa shape index (κ3) is 2.05. The van der Waals surface area contributed by atoms with Crippen LogP contribution in [0.1, 0.15) is 0 Å². The first-order valence-electron chi connectivity index (χ1n) is 6.21. The molecule has 2 aromatic rings. The highest BCUT2D eigenvalue weighted by Crippen LogP contribution is 2.21. The van der Waals surface area contributed by atoms with E-state index in [0.29, 0.717) is 5.69 Å². The van der Waals surface area contributed by atoms with Crippen molar-refractivity contribution in [2.45, 2.75) is 6.04 Å². The topological polar surface area (TPSA) is 71.5 Å². The number of benzene rings is 1. The van der Waals surface area contributed by atoms with Crippen LogP contribution < -0.4 is 5.32 Å². The van der Waals surface area contributed by atoms with Crippen molar-refractivity contribution < 1.29 is 14.3 Å². The van der Waals surface area contributed by atoms with Gasteiger partial charge in [-0.3, -0.25) is 14.7 Å². The molecule has 1 aliphatic heterocycles. The van der Waals surface area contributed by atoms with Gasteiger partial charge in [-0.05, 0) is 12.1 Å². The number of fused-ring (bicyclic) bond motifs is 1. The number of nitrogens with zero attached hydrogens (tertiary/aromatic N) is 2. The summed E-state index contributed by atoms with van der Waals surface area (Å²) in [5.41, 5.74) is 1.34. The Morgan fingerprint density at radius 3 is 2.95 bits per heavy atom. The van der Waals surface area contributed by atoms with Gasteiger partial charge in [0.1, 0.15) is 12.6 Å². The normalized spacial score (nSPS) is 18.1. The van der Waals surface area contributed by atoms with Gasteiger partial charge in [0.05, 0.1) is 11.2 Å². The van der Waals surface area contributed by atoms with Crippen molar-refractivity contribution in [3.63, 3.8) is 0 Å². The molecule has 1 atom stereocenters. The van der Waals surface area contributed by atoms with Crippen LogP contribution >= 0.6 is 0 Å². The summed E-state index contributed by atoms with van der Waals surface area (Å²) in [5, 5.41) is 3.74. The van der Waals surface area contributed by atoms with E-state index < -0.39 is 12.1 Å². The maximum absolute atomic E-state index is 12.2. The number of anilines is 1. The number of carbonyl (C=O) groups excluding carboxylic acids is 2.